The minimum atomic E-state index is -2.57. The van der Waals surface area contributed by atoms with Crippen LogP contribution >= 0.6 is 0 Å². The lowest BCUT2D eigenvalue weighted by molar-refractivity contribution is 0.00756. The zero-order valence-corrected chi connectivity index (χ0v) is 16.0. The molecule has 0 spiro atoms. The maximum atomic E-state index is 13.5. The molecule has 3 aromatic rings. The molecule has 0 radical (unpaired) electrons. The smallest absolute Gasteiger partial charge is 0.248 e. The second kappa shape index (κ2) is 7.34. The monoisotopic (exact) mass is 383 g/mol. The van der Waals surface area contributed by atoms with Gasteiger partial charge in [-0.25, -0.2) is 13.8 Å². The van der Waals surface area contributed by atoms with Gasteiger partial charge in [-0.1, -0.05) is 6.07 Å². The van der Waals surface area contributed by atoms with E-state index in [0.717, 1.165) is 33.8 Å². The standard InChI is InChI=1S/C22H23F2N3O/c1-14-3-5-18(25-11-14)13-28-20-6-4-16(9-15(20)2)19-12-26-21(27-19)17-7-8-22(23,24)10-17/h3-6,9,11-12,17H,7-8,10,13H2,1-2H3,(H,26,27). The summed E-state index contributed by atoms with van der Waals surface area (Å²) in [4.78, 5) is 11.9. The molecule has 1 saturated carbocycles. The highest BCUT2D eigenvalue weighted by atomic mass is 19.3. The van der Waals surface area contributed by atoms with E-state index in [1.54, 1.807) is 6.20 Å². The average molecular weight is 383 g/mol. The number of rotatable bonds is 5. The molecular weight excluding hydrogens is 360 g/mol. The van der Waals surface area contributed by atoms with Gasteiger partial charge in [0.15, 0.2) is 0 Å². The number of ether oxygens (including phenoxy) is 1. The lowest BCUT2D eigenvalue weighted by atomic mass is 10.1. The van der Waals surface area contributed by atoms with Crippen molar-refractivity contribution < 1.29 is 13.5 Å². The second-order valence-electron chi connectivity index (χ2n) is 7.57. The van der Waals surface area contributed by atoms with Gasteiger partial charge in [0, 0.05) is 30.5 Å². The van der Waals surface area contributed by atoms with Gasteiger partial charge in [-0.15, -0.1) is 0 Å². The molecule has 0 amide bonds. The fourth-order valence-electron chi connectivity index (χ4n) is 3.59. The zero-order valence-electron chi connectivity index (χ0n) is 16.0. The van der Waals surface area contributed by atoms with Gasteiger partial charge in [-0.2, -0.15) is 0 Å². The molecule has 2 heterocycles. The minimum absolute atomic E-state index is 0.0608. The first-order valence-corrected chi connectivity index (χ1v) is 9.48. The van der Waals surface area contributed by atoms with Crippen LogP contribution in [0.2, 0.25) is 0 Å². The van der Waals surface area contributed by atoms with Crippen molar-refractivity contribution in [3.8, 4) is 17.0 Å². The third-order valence-electron chi connectivity index (χ3n) is 5.22. The number of imidazole rings is 1. The lowest BCUT2D eigenvalue weighted by Gasteiger charge is -2.10. The molecule has 1 atom stereocenters. The summed E-state index contributed by atoms with van der Waals surface area (Å²) in [5, 5.41) is 0. The minimum Gasteiger partial charge on any atom is -0.487 e. The van der Waals surface area contributed by atoms with Crippen molar-refractivity contribution in [1.29, 1.82) is 0 Å². The van der Waals surface area contributed by atoms with Gasteiger partial charge in [0.25, 0.3) is 0 Å². The van der Waals surface area contributed by atoms with Gasteiger partial charge in [-0.3, -0.25) is 4.98 Å². The number of aryl methyl sites for hydroxylation is 2. The van der Waals surface area contributed by atoms with Crippen molar-refractivity contribution in [2.45, 2.75) is 51.6 Å². The van der Waals surface area contributed by atoms with Crippen LogP contribution in [0.3, 0.4) is 0 Å². The summed E-state index contributed by atoms with van der Waals surface area (Å²) < 4.78 is 32.8. The fraction of sp³-hybridized carbons (Fsp3) is 0.364. The molecular formula is C22H23F2N3O. The summed E-state index contributed by atoms with van der Waals surface area (Å²) in [6, 6.07) is 9.85. The molecule has 0 saturated heterocycles. The Bertz CT molecular complexity index is 966. The number of aromatic nitrogens is 3. The normalized spacial score (nSPS) is 18.4. The van der Waals surface area contributed by atoms with Gasteiger partial charge in [0.05, 0.1) is 17.6 Å². The van der Waals surface area contributed by atoms with E-state index in [0.29, 0.717) is 18.9 Å². The number of H-pyrrole nitrogens is 1. The Labute approximate surface area is 163 Å². The van der Waals surface area contributed by atoms with Crippen LogP contribution in [0.15, 0.2) is 42.7 Å². The third kappa shape index (κ3) is 4.06. The zero-order chi connectivity index (χ0) is 19.7. The van der Waals surface area contributed by atoms with Crippen molar-refractivity contribution >= 4 is 0 Å². The number of nitrogens with zero attached hydrogens (tertiary/aromatic N) is 2. The van der Waals surface area contributed by atoms with E-state index in [4.69, 9.17) is 4.74 Å². The second-order valence-corrected chi connectivity index (χ2v) is 7.57. The fourth-order valence-corrected chi connectivity index (χ4v) is 3.59. The quantitative estimate of drug-likeness (QED) is 0.627. The van der Waals surface area contributed by atoms with Crippen molar-refractivity contribution in [1.82, 2.24) is 15.0 Å². The SMILES string of the molecule is Cc1ccc(COc2ccc(-c3cnc(C4CCC(F)(F)C4)[nH]3)cc2C)nc1. The summed E-state index contributed by atoms with van der Waals surface area (Å²) in [5.41, 5.74) is 4.78. The van der Waals surface area contributed by atoms with Gasteiger partial charge in [-0.05, 0) is 55.7 Å². The first-order valence-electron chi connectivity index (χ1n) is 9.48. The summed E-state index contributed by atoms with van der Waals surface area (Å²) in [6.45, 7) is 4.39. The van der Waals surface area contributed by atoms with E-state index in [2.05, 4.69) is 15.0 Å². The van der Waals surface area contributed by atoms with Crippen LogP contribution in [0, 0.1) is 13.8 Å². The first kappa shape index (κ1) is 18.6. The number of aromatic amines is 1. The molecule has 1 fully saturated rings. The molecule has 4 rings (SSSR count). The number of benzene rings is 1. The van der Waals surface area contributed by atoms with Crippen LogP contribution in [0.4, 0.5) is 8.78 Å². The summed E-state index contributed by atoms with van der Waals surface area (Å²) >= 11 is 0. The number of hydrogen-bond donors (Lipinski definition) is 1. The number of alkyl halides is 2. The molecule has 28 heavy (non-hydrogen) atoms. The van der Waals surface area contributed by atoms with E-state index >= 15 is 0 Å². The Balaban J connectivity index is 1.45. The molecule has 1 aromatic carbocycles. The van der Waals surface area contributed by atoms with Crippen molar-refractivity contribution in [2.75, 3.05) is 0 Å². The van der Waals surface area contributed by atoms with Crippen molar-refractivity contribution in [2.24, 2.45) is 0 Å². The van der Waals surface area contributed by atoms with Crippen LogP contribution in [-0.4, -0.2) is 20.9 Å². The van der Waals surface area contributed by atoms with Crippen LogP contribution in [0.5, 0.6) is 5.75 Å². The topological polar surface area (TPSA) is 50.8 Å². The Kier molecular flexibility index (Phi) is 4.87. The van der Waals surface area contributed by atoms with Crippen LogP contribution in [-0.2, 0) is 6.61 Å². The van der Waals surface area contributed by atoms with Crippen LogP contribution in [0.1, 0.15) is 47.8 Å². The average Bonchev–Trinajstić information content (AvgIpc) is 3.28. The molecule has 0 aliphatic heterocycles. The first-order chi connectivity index (χ1) is 13.4. The summed E-state index contributed by atoms with van der Waals surface area (Å²) in [7, 11) is 0. The van der Waals surface area contributed by atoms with Crippen LogP contribution in [0.25, 0.3) is 11.3 Å². The Hall–Kier alpha value is -2.76. The summed E-state index contributed by atoms with van der Waals surface area (Å²) in [5.74, 6) is -1.33. The lowest BCUT2D eigenvalue weighted by Crippen LogP contribution is -2.09. The van der Waals surface area contributed by atoms with Gasteiger partial charge in [0.2, 0.25) is 5.92 Å². The van der Waals surface area contributed by atoms with Crippen molar-refractivity contribution in [3.63, 3.8) is 0 Å². The van der Waals surface area contributed by atoms with E-state index < -0.39 is 5.92 Å². The number of nitrogens with one attached hydrogen (secondary N) is 1. The molecule has 146 valence electrons. The predicted molar refractivity (Wildman–Crippen MR) is 104 cm³/mol. The molecule has 6 heteroatoms. The largest absolute Gasteiger partial charge is 0.487 e. The highest BCUT2D eigenvalue weighted by Gasteiger charge is 2.41. The van der Waals surface area contributed by atoms with E-state index in [-0.39, 0.29) is 18.8 Å². The number of pyridine rings is 1. The van der Waals surface area contributed by atoms with Gasteiger partial charge < -0.3 is 9.72 Å². The maximum absolute atomic E-state index is 13.5. The van der Waals surface area contributed by atoms with Gasteiger partial charge >= 0.3 is 0 Å². The molecule has 1 aliphatic rings. The highest BCUT2D eigenvalue weighted by Crippen LogP contribution is 2.43. The molecule has 4 nitrogen and oxygen atoms in total. The van der Waals surface area contributed by atoms with Crippen molar-refractivity contribution in [3.05, 3.63) is 65.4 Å². The molecule has 1 N–H and O–H groups in total. The van der Waals surface area contributed by atoms with E-state index in [9.17, 15) is 8.78 Å². The Morgan fingerprint density at radius 1 is 1.14 bits per heavy atom. The molecule has 0 bridgehead atoms. The molecule has 1 unspecified atom stereocenters. The highest BCUT2D eigenvalue weighted by molar-refractivity contribution is 5.61. The Morgan fingerprint density at radius 3 is 2.68 bits per heavy atom. The Morgan fingerprint density at radius 2 is 2.00 bits per heavy atom. The number of halogens is 2. The van der Waals surface area contributed by atoms with E-state index in [1.807, 2.05) is 50.4 Å². The van der Waals surface area contributed by atoms with Crippen LogP contribution < -0.4 is 4.74 Å². The molecule has 1 aliphatic carbocycles. The third-order valence-corrected chi connectivity index (χ3v) is 5.22. The number of hydrogen-bond acceptors (Lipinski definition) is 3. The van der Waals surface area contributed by atoms with E-state index in [1.165, 1.54) is 0 Å². The molecule has 2 aromatic heterocycles. The predicted octanol–water partition coefficient (Wildman–Crippen LogP) is 5.57. The maximum Gasteiger partial charge on any atom is 0.248 e. The summed E-state index contributed by atoms with van der Waals surface area (Å²) in [6.07, 6.45) is 3.83. The van der Waals surface area contributed by atoms with Gasteiger partial charge in [0.1, 0.15) is 18.2 Å².